The zero-order valence-corrected chi connectivity index (χ0v) is 11.6. The first-order chi connectivity index (χ1) is 10.1. The summed E-state index contributed by atoms with van der Waals surface area (Å²) in [5, 5.41) is 13.7. The highest BCUT2D eigenvalue weighted by atomic mass is 16.6. The SMILES string of the molecule is Cc1cc(NCCOc2cccc(N)c2)ncc1[N+](=O)[O-]. The molecule has 0 amide bonds. The van der Waals surface area contributed by atoms with Crippen molar-refractivity contribution < 1.29 is 9.66 Å². The van der Waals surface area contributed by atoms with Gasteiger partial charge in [-0.15, -0.1) is 0 Å². The van der Waals surface area contributed by atoms with Gasteiger partial charge in [0.1, 0.15) is 24.4 Å². The smallest absolute Gasteiger partial charge is 0.290 e. The first-order valence-electron chi connectivity index (χ1n) is 6.39. The molecule has 0 unspecified atom stereocenters. The number of pyridine rings is 1. The number of nitrogens with two attached hydrogens (primary N) is 1. The maximum atomic E-state index is 10.7. The average Bonchev–Trinajstić information content (AvgIpc) is 2.43. The Morgan fingerprint density at radius 1 is 1.43 bits per heavy atom. The van der Waals surface area contributed by atoms with Crippen molar-refractivity contribution in [1.82, 2.24) is 4.98 Å². The topological polar surface area (TPSA) is 103 Å². The number of benzene rings is 1. The third-order valence-corrected chi connectivity index (χ3v) is 2.81. The first-order valence-corrected chi connectivity index (χ1v) is 6.39. The number of rotatable bonds is 6. The van der Waals surface area contributed by atoms with Crippen LogP contribution >= 0.6 is 0 Å². The van der Waals surface area contributed by atoms with Crippen LogP contribution in [0.15, 0.2) is 36.5 Å². The van der Waals surface area contributed by atoms with Gasteiger partial charge in [-0.1, -0.05) is 6.07 Å². The second-order valence-corrected chi connectivity index (χ2v) is 4.46. The molecular formula is C14H16N4O3. The molecule has 3 N–H and O–H groups in total. The molecule has 2 rings (SSSR count). The molecule has 1 aromatic carbocycles. The number of hydrogen-bond acceptors (Lipinski definition) is 6. The summed E-state index contributed by atoms with van der Waals surface area (Å²) in [7, 11) is 0. The van der Waals surface area contributed by atoms with Gasteiger partial charge in [-0.3, -0.25) is 10.1 Å². The Balaban J connectivity index is 1.84. The van der Waals surface area contributed by atoms with Gasteiger partial charge in [-0.25, -0.2) is 4.98 Å². The van der Waals surface area contributed by atoms with Crippen LogP contribution in [0.3, 0.4) is 0 Å². The molecule has 21 heavy (non-hydrogen) atoms. The fourth-order valence-electron chi connectivity index (χ4n) is 1.79. The highest BCUT2D eigenvalue weighted by Crippen LogP contribution is 2.18. The molecule has 0 fully saturated rings. The summed E-state index contributed by atoms with van der Waals surface area (Å²) in [5.74, 6) is 1.28. The van der Waals surface area contributed by atoms with E-state index in [2.05, 4.69) is 10.3 Å². The van der Waals surface area contributed by atoms with E-state index in [1.807, 2.05) is 12.1 Å². The largest absolute Gasteiger partial charge is 0.492 e. The van der Waals surface area contributed by atoms with Crippen molar-refractivity contribution in [3.8, 4) is 5.75 Å². The maximum absolute atomic E-state index is 10.7. The summed E-state index contributed by atoms with van der Waals surface area (Å²) in [4.78, 5) is 14.2. The minimum absolute atomic E-state index is 0.0107. The Morgan fingerprint density at radius 3 is 2.90 bits per heavy atom. The molecule has 0 spiro atoms. The van der Waals surface area contributed by atoms with E-state index < -0.39 is 4.92 Å². The normalized spacial score (nSPS) is 10.1. The highest BCUT2D eigenvalue weighted by Gasteiger charge is 2.10. The van der Waals surface area contributed by atoms with E-state index in [-0.39, 0.29) is 5.69 Å². The van der Waals surface area contributed by atoms with Gasteiger partial charge >= 0.3 is 0 Å². The van der Waals surface area contributed by atoms with E-state index in [1.165, 1.54) is 6.20 Å². The molecular weight excluding hydrogens is 272 g/mol. The molecule has 0 aliphatic carbocycles. The summed E-state index contributed by atoms with van der Waals surface area (Å²) in [5.41, 5.74) is 6.87. The highest BCUT2D eigenvalue weighted by molar-refractivity contribution is 5.47. The number of nitrogens with zero attached hydrogens (tertiary/aromatic N) is 2. The zero-order chi connectivity index (χ0) is 15.2. The van der Waals surface area contributed by atoms with Crippen LogP contribution in [-0.4, -0.2) is 23.1 Å². The van der Waals surface area contributed by atoms with Crippen molar-refractivity contribution in [3.05, 3.63) is 52.2 Å². The molecule has 0 radical (unpaired) electrons. The van der Waals surface area contributed by atoms with Crippen LogP contribution in [0.4, 0.5) is 17.2 Å². The van der Waals surface area contributed by atoms with Crippen LogP contribution in [0.2, 0.25) is 0 Å². The number of nitrogen functional groups attached to an aromatic ring is 1. The van der Waals surface area contributed by atoms with E-state index in [9.17, 15) is 10.1 Å². The van der Waals surface area contributed by atoms with Gasteiger partial charge < -0.3 is 15.8 Å². The molecule has 0 bridgehead atoms. The standard InChI is InChI=1S/C14H16N4O3/c1-10-7-14(17-9-13(10)18(19)20)16-5-6-21-12-4-2-3-11(15)8-12/h2-4,7-9H,5-6,15H2,1H3,(H,16,17). The molecule has 0 atom stereocenters. The summed E-state index contributed by atoms with van der Waals surface area (Å²) < 4.78 is 5.52. The fourth-order valence-corrected chi connectivity index (χ4v) is 1.79. The van der Waals surface area contributed by atoms with Gasteiger partial charge in [0.2, 0.25) is 0 Å². The van der Waals surface area contributed by atoms with Crippen molar-refractivity contribution in [1.29, 1.82) is 0 Å². The lowest BCUT2D eigenvalue weighted by atomic mass is 10.2. The number of nitrogens with one attached hydrogen (secondary N) is 1. The van der Waals surface area contributed by atoms with Gasteiger partial charge in [0.05, 0.1) is 11.5 Å². The van der Waals surface area contributed by atoms with Crippen molar-refractivity contribution in [3.63, 3.8) is 0 Å². The molecule has 1 heterocycles. The van der Waals surface area contributed by atoms with Gasteiger partial charge in [0.15, 0.2) is 0 Å². The fraction of sp³-hybridized carbons (Fsp3) is 0.214. The number of anilines is 2. The van der Waals surface area contributed by atoms with Crippen molar-refractivity contribution in [2.75, 3.05) is 24.2 Å². The number of aromatic nitrogens is 1. The molecule has 2 aromatic rings. The third-order valence-electron chi connectivity index (χ3n) is 2.81. The number of ether oxygens (including phenoxy) is 1. The lowest BCUT2D eigenvalue weighted by molar-refractivity contribution is -0.385. The van der Waals surface area contributed by atoms with Crippen LogP contribution in [-0.2, 0) is 0 Å². The minimum atomic E-state index is -0.449. The van der Waals surface area contributed by atoms with E-state index >= 15 is 0 Å². The average molecular weight is 288 g/mol. The molecule has 7 nitrogen and oxygen atoms in total. The summed E-state index contributed by atoms with van der Waals surface area (Å²) in [6.07, 6.45) is 1.25. The first kappa shape index (κ1) is 14.6. The number of aryl methyl sites for hydroxylation is 1. The quantitative estimate of drug-likeness (QED) is 0.366. The van der Waals surface area contributed by atoms with E-state index in [0.29, 0.717) is 36.0 Å². The Hall–Kier alpha value is -2.83. The van der Waals surface area contributed by atoms with Crippen LogP contribution in [0, 0.1) is 17.0 Å². The Labute approximate surface area is 121 Å². The van der Waals surface area contributed by atoms with Crippen LogP contribution in [0.1, 0.15) is 5.56 Å². The second-order valence-electron chi connectivity index (χ2n) is 4.46. The van der Waals surface area contributed by atoms with Gasteiger partial charge in [0.25, 0.3) is 5.69 Å². The Morgan fingerprint density at radius 2 is 2.24 bits per heavy atom. The van der Waals surface area contributed by atoms with E-state index in [0.717, 1.165) is 0 Å². The molecule has 0 saturated heterocycles. The zero-order valence-electron chi connectivity index (χ0n) is 11.6. The number of nitro groups is 1. The molecule has 7 heteroatoms. The molecule has 0 aliphatic rings. The second kappa shape index (κ2) is 6.56. The van der Waals surface area contributed by atoms with Crippen LogP contribution < -0.4 is 15.8 Å². The number of hydrogen-bond donors (Lipinski definition) is 2. The third kappa shape index (κ3) is 4.07. The molecule has 0 aliphatic heterocycles. The predicted molar refractivity (Wildman–Crippen MR) is 80.5 cm³/mol. The molecule has 0 saturated carbocycles. The Kier molecular flexibility index (Phi) is 4.55. The van der Waals surface area contributed by atoms with Gasteiger partial charge in [-0.2, -0.15) is 0 Å². The Bertz CT molecular complexity index is 646. The van der Waals surface area contributed by atoms with Crippen LogP contribution in [0.25, 0.3) is 0 Å². The molecule has 1 aromatic heterocycles. The van der Waals surface area contributed by atoms with Crippen molar-refractivity contribution in [2.24, 2.45) is 0 Å². The lowest BCUT2D eigenvalue weighted by Gasteiger charge is -2.09. The maximum Gasteiger partial charge on any atom is 0.290 e. The van der Waals surface area contributed by atoms with Gasteiger partial charge in [-0.05, 0) is 25.1 Å². The van der Waals surface area contributed by atoms with Gasteiger partial charge in [0, 0.05) is 17.3 Å². The van der Waals surface area contributed by atoms with E-state index in [1.54, 1.807) is 25.1 Å². The minimum Gasteiger partial charge on any atom is -0.492 e. The van der Waals surface area contributed by atoms with E-state index in [4.69, 9.17) is 10.5 Å². The summed E-state index contributed by atoms with van der Waals surface area (Å²) in [6.45, 7) is 2.63. The molecule has 110 valence electrons. The van der Waals surface area contributed by atoms with Crippen molar-refractivity contribution in [2.45, 2.75) is 6.92 Å². The monoisotopic (exact) mass is 288 g/mol. The lowest BCUT2D eigenvalue weighted by Crippen LogP contribution is -2.12. The summed E-state index contributed by atoms with van der Waals surface area (Å²) in [6, 6.07) is 8.81. The van der Waals surface area contributed by atoms with Crippen LogP contribution in [0.5, 0.6) is 5.75 Å². The predicted octanol–water partition coefficient (Wildman–Crippen LogP) is 2.37. The van der Waals surface area contributed by atoms with Crippen molar-refractivity contribution >= 4 is 17.2 Å². The summed E-state index contributed by atoms with van der Waals surface area (Å²) >= 11 is 0.